The van der Waals surface area contributed by atoms with Crippen molar-refractivity contribution < 1.29 is 23.8 Å². The fourth-order valence-electron chi connectivity index (χ4n) is 3.21. The molecule has 0 bridgehead atoms. The summed E-state index contributed by atoms with van der Waals surface area (Å²) in [5, 5.41) is 14.2. The maximum Gasteiger partial charge on any atom is 0.140 e. The zero-order valence-corrected chi connectivity index (χ0v) is 18.5. The maximum absolute atomic E-state index is 10.3. The monoisotopic (exact) mass is 426 g/mol. The molecule has 3 rings (SSSR count). The standard InChI is InChI=1S/C24H30N2O5/c1-17-24(18(2)31-25-17)16-30-22-7-5-19(6-8-22)13-26(3)14-20(27)15-29-23-11-9-21(28-4)10-12-23/h5-12,20,27H,13-16H2,1-4H3/t20-/m0/s1. The Labute approximate surface area is 183 Å². The highest BCUT2D eigenvalue weighted by atomic mass is 16.5. The third-order valence-electron chi connectivity index (χ3n) is 4.96. The number of methoxy groups -OCH3 is 1. The molecule has 2 aromatic carbocycles. The van der Waals surface area contributed by atoms with Gasteiger partial charge in [0.05, 0.1) is 18.4 Å². The number of aliphatic hydroxyl groups excluding tert-OH is 1. The Morgan fingerprint density at radius 2 is 1.58 bits per heavy atom. The molecule has 0 saturated carbocycles. The molecule has 3 aromatic rings. The first-order valence-electron chi connectivity index (χ1n) is 10.2. The number of aliphatic hydroxyl groups is 1. The minimum Gasteiger partial charge on any atom is -0.497 e. The molecule has 7 heteroatoms. The molecule has 0 unspecified atom stereocenters. The minimum absolute atomic E-state index is 0.227. The van der Waals surface area contributed by atoms with Crippen LogP contribution in [0.3, 0.4) is 0 Å². The van der Waals surface area contributed by atoms with E-state index in [-0.39, 0.29) is 6.61 Å². The van der Waals surface area contributed by atoms with Crippen molar-refractivity contribution in [3.63, 3.8) is 0 Å². The Balaban J connectivity index is 1.41. The number of hydrogen-bond acceptors (Lipinski definition) is 7. The van der Waals surface area contributed by atoms with E-state index in [1.807, 2.05) is 69.4 Å². The lowest BCUT2D eigenvalue weighted by molar-refractivity contribution is 0.0743. The van der Waals surface area contributed by atoms with Gasteiger partial charge in [0.15, 0.2) is 0 Å². The van der Waals surface area contributed by atoms with Crippen LogP contribution in [0.15, 0.2) is 53.1 Å². The summed E-state index contributed by atoms with van der Waals surface area (Å²) < 4.78 is 21.8. The molecule has 1 aromatic heterocycles. The zero-order chi connectivity index (χ0) is 22.2. The summed E-state index contributed by atoms with van der Waals surface area (Å²) in [6.45, 7) is 5.66. The third-order valence-corrected chi connectivity index (χ3v) is 4.96. The molecule has 1 N–H and O–H groups in total. The highest BCUT2D eigenvalue weighted by Crippen LogP contribution is 2.19. The number of benzene rings is 2. The lowest BCUT2D eigenvalue weighted by Crippen LogP contribution is -2.32. The van der Waals surface area contributed by atoms with Crippen LogP contribution in [0.5, 0.6) is 17.2 Å². The van der Waals surface area contributed by atoms with E-state index >= 15 is 0 Å². The number of rotatable bonds is 11. The summed E-state index contributed by atoms with van der Waals surface area (Å²) >= 11 is 0. The third kappa shape index (κ3) is 6.73. The number of ether oxygens (including phenoxy) is 3. The molecule has 1 atom stereocenters. The molecule has 0 radical (unpaired) electrons. The average molecular weight is 427 g/mol. The van der Waals surface area contributed by atoms with Crippen LogP contribution in [0.1, 0.15) is 22.6 Å². The molecule has 0 aliphatic carbocycles. The first kappa shape index (κ1) is 22.7. The summed E-state index contributed by atoms with van der Waals surface area (Å²) in [5.41, 5.74) is 2.97. The zero-order valence-electron chi connectivity index (χ0n) is 18.5. The van der Waals surface area contributed by atoms with E-state index in [0.29, 0.717) is 25.4 Å². The van der Waals surface area contributed by atoms with Crippen LogP contribution in [-0.2, 0) is 13.2 Å². The molecule has 0 spiro atoms. The van der Waals surface area contributed by atoms with Gasteiger partial charge in [-0.2, -0.15) is 0 Å². The summed E-state index contributed by atoms with van der Waals surface area (Å²) in [4.78, 5) is 2.06. The number of aromatic nitrogens is 1. The molecule has 31 heavy (non-hydrogen) atoms. The molecule has 166 valence electrons. The van der Waals surface area contributed by atoms with Gasteiger partial charge >= 0.3 is 0 Å². The van der Waals surface area contributed by atoms with E-state index in [4.69, 9.17) is 18.7 Å². The van der Waals surface area contributed by atoms with Crippen molar-refractivity contribution in [2.24, 2.45) is 0 Å². The van der Waals surface area contributed by atoms with Crippen LogP contribution < -0.4 is 14.2 Å². The minimum atomic E-state index is -0.593. The molecule has 0 amide bonds. The second-order valence-electron chi connectivity index (χ2n) is 7.57. The lowest BCUT2D eigenvalue weighted by Gasteiger charge is -2.21. The Bertz CT molecular complexity index is 918. The van der Waals surface area contributed by atoms with Gasteiger partial charge < -0.3 is 23.8 Å². The fourth-order valence-corrected chi connectivity index (χ4v) is 3.21. The van der Waals surface area contributed by atoms with Crippen LogP contribution in [0.2, 0.25) is 0 Å². The maximum atomic E-state index is 10.3. The molecule has 0 fully saturated rings. The molecule has 0 saturated heterocycles. The Morgan fingerprint density at radius 1 is 0.968 bits per heavy atom. The topological polar surface area (TPSA) is 77.2 Å². The SMILES string of the molecule is COc1ccc(OC[C@@H](O)CN(C)Cc2ccc(OCc3c(C)noc3C)cc2)cc1. The number of likely N-dealkylation sites (N-methyl/N-ethyl adjacent to an activating group) is 1. The van der Waals surface area contributed by atoms with E-state index < -0.39 is 6.10 Å². The van der Waals surface area contributed by atoms with Crippen molar-refractivity contribution in [2.75, 3.05) is 27.3 Å². The summed E-state index contributed by atoms with van der Waals surface area (Å²) in [6.07, 6.45) is -0.593. The molecule has 0 aliphatic heterocycles. The van der Waals surface area contributed by atoms with Crippen LogP contribution in [-0.4, -0.2) is 48.6 Å². The van der Waals surface area contributed by atoms with Crippen molar-refractivity contribution in [3.8, 4) is 17.2 Å². The van der Waals surface area contributed by atoms with E-state index in [2.05, 4.69) is 10.1 Å². The van der Waals surface area contributed by atoms with E-state index in [0.717, 1.165) is 34.1 Å². The fraction of sp³-hybridized carbons (Fsp3) is 0.375. The first-order chi connectivity index (χ1) is 14.9. The van der Waals surface area contributed by atoms with Gasteiger partial charge in [0, 0.05) is 13.1 Å². The van der Waals surface area contributed by atoms with Crippen LogP contribution in [0.25, 0.3) is 0 Å². The average Bonchev–Trinajstić information content (AvgIpc) is 3.09. The highest BCUT2D eigenvalue weighted by molar-refractivity contribution is 5.31. The normalized spacial score (nSPS) is 12.1. The number of nitrogens with zero attached hydrogens (tertiary/aromatic N) is 2. The molecular weight excluding hydrogens is 396 g/mol. The summed E-state index contributed by atoms with van der Waals surface area (Å²) in [7, 11) is 3.59. The highest BCUT2D eigenvalue weighted by Gasteiger charge is 2.11. The predicted molar refractivity (Wildman–Crippen MR) is 118 cm³/mol. The van der Waals surface area contributed by atoms with Crippen LogP contribution in [0, 0.1) is 13.8 Å². The summed E-state index contributed by atoms with van der Waals surface area (Å²) in [6, 6.07) is 15.3. The van der Waals surface area contributed by atoms with Gasteiger partial charge in [0.25, 0.3) is 0 Å². The molecule has 0 aliphatic rings. The molecule has 1 heterocycles. The summed E-state index contributed by atoms with van der Waals surface area (Å²) in [5.74, 6) is 3.05. The number of hydrogen-bond donors (Lipinski definition) is 1. The van der Waals surface area contributed by atoms with Crippen molar-refractivity contribution in [2.45, 2.75) is 33.1 Å². The van der Waals surface area contributed by atoms with Crippen molar-refractivity contribution >= 4 is 0 Å². The Kier molecular flexibility index (Phi) is 7.92. The van der Waals surface area contributed by atoms with E-state index in [9.17, 15) is 5.11 Å². The van der Waals surface area contributed by atoms with Gasteiger partial charge in [-0.3, -0.25) is 4.90 Å². The van der Waals surface area contributed by atoms with Gasteiger partial charge in [-0.15, -0.1) is 0 Å². The first-order valence-corrected chi connectivity index (χ1v) is 10.2. The van der Waals surface area contributed by atoms with Gasteiger partial charge in [0.2, 0.25) is 0 Å². The van der Waals surface area contributed by atoms with E-state index in [1.54, 1.807) is 7.11 Å². The van der Waals surface area contributed by atoms with Crippen molar-refractivity contribution in [3.05, 3.63) is 71.1 Å². The number of aryl methyl sites for hydroxylation is 2. The van der Waals surface area contributed by atoms with Crippen molar-refractivity contribution in [1.29, 1.82) is 0 Å². The molecule has 7 nitrogen and oxygen atoms in total. The quantitative estimate of drug-likeness (QED) is 0.500. The van der Waals surface area contributed by atoms with Gasteiger partial charge in [0.1, 0.15) is 42.3 Å². The second kappa shape index (κ2) is 10.8. The van der Waals surface area contributed by atoms with Crippen molar-refractivity contribution in [1.82, 2.24) is 10.1 Å². The largest absolute Gasteiger partial charge is 0.497 e. The smallest absolute Gasteiger partial charge is 0.140 e. The second-order valence-corrected chi connectivity index (χ2v) is 7.57. The van der Waals surface area contributed by atoms with Gasteiger partial charge in [-0.1, -0.05) is 17.3 Å². The van der Waals surface area contributed by atoms with Crippen LogP contribution >= 0.6 is 0 Å². The van der Waals surface area contributed by atoms with E-state index in [1.165, 1.54) is 0 Å². The van der Waals surface area contributed by atoms with Gasteiger partial charge in [-0.05, 0) is 62.9 Å². The Hall–Kier alpha value is -3.03. The predicted octanol–water partition coefficient (Wildman–Crippen LogP) is 3.75. The lowest BCUT2D eigenvalue weighted by atomic mass is 10.2. The van der Waals surface area contributed by atoms with Gasteiger partial charge in [-0.25, -0.2) is 0 Å². The Morgan fingerprint density at radius 3 is 2.19 bits per heavy atom. The molecular formula is C24H30N2O5. The van der Waals surface area contributed by atoms with Crippen LogP contribution in [0.4, 0.5) is 0 Å².